The maximum absolute atomic E-state index is 13.5. The first-order valence-corrected chi connectivity index (χ1v) is 9.90. The number of rotatable bonds is 2. The van der Waals surface area contributed by atoms with Crippen LogP contribution in [-0.2, 0) is 13.1 Å². The summed E-state index contributed by atoms with van der Waals surface area (Å²) in [6, 6.07) is 28.7. The van der Waals surface area contributed by atoms with Crippen LogP contribution in [0.5, 0.6) is 0 Å². The Hall–Kier alpha value is -3.59. The summed E-state index contributed by atoms with van der Waals surface area (Å²) in [6.45, 7) is 3.45. The topological polar surface area (TPSA) is 25.2 Å². The molecule has 0 unspecified atom stereocenters. The van der Waals surface area contributed by atoms with Crippen LogP contribution >= 0.6 is 0 Å². The molecular weight excluding hydrogens is 356 g/mol. The van der Waals surface area contributed by atoms with Crippen LogP contribution in [0.3, 0.4) is 0 Å². The fraction of sp³-hybridized carbons (Fsp3) is 0.115. The van der Waals surface area contributed by atoms with Crippen molar-refractivity contribution in [1.82, 2.24) is 4.57 Å². The van der Waals surface area contributed by atoms with Crippen LogP contribution in [0.4, 0.5) is 5.69 Å². The van der Waals surface area contributed by atoms with Gasteiger partial charge in [-0.15, -0.1) is 0 Å². The van der Waals surface area contributed by atoms with Crippen molar-refractivity contribution in [2.75, 3.05) is 4.90 Å². The van der Waals surface area contributed by atoms with Crippen molar-refractivity contribution in [2.24, 2.45) is 0 Å². The lowest BCUT2D eigenvalue weighted by Crippen LogP contribution is -2.30. The van der Waals surface area contributed by atoms with Crippen LogP contribution in [0.25, 0.3) is 11.1 Å². The molecule has 0 saturated carbocycles. The van der Waals surface area contributed by atoms with Gasteiger partial charge in [0.15, 0.2) is 0 Å². The highest BCUT2D eigenvalue weighted by Crippen LogP contribution is 2.29. The molecule has 0 atom stereocenters. The Kier molecular flexibility index (Phi) is 4.28. The molecule has 1 aliphatic rings. The average Bonchev–Trinajstić information content (AvgIpc) is 3.12. The van der Waals surface area contributed by atoms with Crippen molar-refractivity contribution in [3.63, 3.8) is 0 Å². The van der Waals surface area contributed by atoms with E-state index in [1.165, 1.54) is 11.1 Å². The van der Waals surface area contributed by atoms with E-state index in [1.807, 2.05) is 53.4 Å². The molecule has 3 heteroatoms. The largest absolute Gasteiger partial charge is 0.345 e. The molecule has 5 rings (SSSR count). The first-order valence-electron chi connectivity index (χ1n) is 9.90. The van der Waals surface area contributed by atoms with Gasteiger partial charge in [0.25, 0.3) is 5.91 Å². The molecular formula is C26H22N2O. The second-order valence-electron chi connectivity index (χ2n) is 7.59. The van der Waals surface area contributed by atoms with E-state index in [4.69, 9.17) is 0 Å². The van der Waals surface area contributed by atoms with Gasteiger partial charge in [-0.2, -0.15) is 0 Å². The predicted molar refractivity (Wildman–Crippen MR) is 117 cm³/mol. The Morgan fingerprint density at radius 1 is 0.793 bits per heavy atom. The normalized spacial score (nSPS) is 12.8. The zero-order valence-electron chi connectivity index (χ0n) is 16.4. The van der Waals surface area contributed by atoms with Crippen LogP contribution in [0.2, 0.25) is 0 Å². The van der Waals surface area contributed by atoms with E-state index in [-0.39, 0.29) is 5.91 Å². The molecule has 2 heterocycles. The summed E-state index contributed by atoms with van der Waals surface area (Å²) in [5.41, 5.74) is 7.52. The minimum Gasteiger partial charge on any atom is -0.345 e. The summed E-state index contributed by atoms with van der Waals surface area (Å²) < 4.78 is 2.22. The van der Waals surface area contributed by atoms with E-state index in [2.05, 4.69) is 54.1 Å². The molecule has 29 heavy (non-hydrogen) atoms. The number of amides is 1. The number of hydrogen-bond donors (Lipinski definition) is 0. The van der Waals surface area contributed by atoms with Gasteiger partial charge in [0.05, 0.1) is 6.54 Å². The molecule has 1 aromatic heterocycles. The number of anilines is 1. The maximum Gasteiger partial charge on any atom is 0.258 e. The summed E-state index contributed by atoms with van der Waals surface area (Å²) in [5.74, 6) is 0.0305. The van der Waals surface area contributed by atoms with Crippen molar-refractivity contribution >= 4 is 11.6 Å². The molecule has 4 aromatic rings. The zero-order valence-corrected chi connectivity index (χ0v) is 16.4. The lowest BCUT2D eigenvalue weighted by Gasteiger charge is -2.23. The van der Waals surface area contributed by atoms with Crippen molar-refractivity contribution in [1.29, 1.82) is 0 Å². The number of benzene rings is 3. The molecule has 0 spiro atoms. The van der Waals surface area contributed by atoms with Crippen molar-refractivity contribution < 1.29 is 4.79 Å². The number of carbonyl (C=O) groups is 1. The molecule has 0 aliphatic carbocycles. The van der Waals surface area contributed by atoms with E-state index < -0.39 is 0 Å². The predicted octanol–water partition coefficient (Wildman–Crippen LogP) is 5.67. The van der Waals surface area contributed by atoms with Crippen LogP contribution in [-0.4, -0.2) is 10.5 Å². The van der Waals surface area contributed by atoms with Gasteiger partial charge in [-0.3, -0.25) is 4.79 Å². The highest BCUT2D eigenvalue weighted by molar-refractivity contribution is 6.06. The third-order valence-corrected chi connectivity index (χ3v) is 5.60. The van der Waals surface area contributed by atoms with Gasteiger partial charge >= 0.3 is 0 Å². The second kappa shape index (κ2) is 7.10. The van der Waals surface area contributed by atoms with Gasteiger partial charge in [-0.05, 0) is 53.9 Å². The third-order valence-electron chi connectivity index (χ3n) is 5.60. The SMILES string of the molecule is Cc1cccc(-c2ccc(C(=O)N3Cc4cccn4Cc4ccccc43)cc2)c1. The maximum atomic E-state index is 13.5. The standard InChI is InChI=1S/C26H22N2O/c1-19-6-4-8-22(16-19)20-11-13-21(14-12-20)26(29)28-18-24-9-5-15-27(24)17-23-7-2-3-10-25(23)28/h2-16H,17-18H2,1H3. The summed E-state index contributed by atoms with van der Waals surface area (Å²) in [6.07, 6.45) is 2.08. The number of aryl methyl sites for hydroxylation is 1. The molecule has 3 aromatic carbocycles. The second-order valence-corrected chi connectivity index (χ2v) is 7.59. The zero-order chi connectivity index (χ0) is 19.8. The van der Waals surface area contributed by atoms with Gasteiger partial charge in [-0.1, -0.05) is 60.2 Å². The van der Waals surface area contributed by atoms with E-state index >= 15 is 0 Å². The number of hydrogen-bond acceptors (Lipinski definition) is 1. The Balaban J connectivity index is 1.50. The fourth-order valence-electron chi connectivity index (χ4n) is 4.05. The quantitative estimate of drug-likeness (QED) is 0.441. The Morgan fingerprint density at radius 3 is 2.45 bits per heavy atom. The van der Waals surface area contributed by atoms with Crippen LogP contribution < -0.4 is 4.90 Å². The summed E-state index contributed by atoms with van der Waals surface area (Å²) in [5, 5.41) is 0. The number of fused-ring (bicyclic) bond motifs is 2. The van der Waals surface area contributed by atoms with Gasteiger partial charge in [0, 0.05) is 29.7 Å². The number of aromatic nitrogens is 1. The van der Waals surface area contributed by atoms with Crippen LogP contribution in [0, 0.1) is 6.92 Å². The molecule has 0 N–H and O–H groups in total. The van der Waals surface area contributed by atoms with E-state index in [0.29, 0.717) is 12.1 Å². The summed E-state index contributed by atoms with van der Waals surface area (Å²) >= 11 is 0. The molecule has 0 radical (unpaired) electrons. The highest BCUT2D eigenvalue weighted by atomic mass is 16.2. The molecule has 0 saturated heterocycles. The molecule has 0 fully saturated rings. The molecule has 3 nitrogen and oxygen atoms in total. The van der Waals surface area contributed by atoms with Gasteiger partial charge in [0.2, 0.25) is 0 Å². The van der Waals surface area contributed by atoms with Gasteiger partial charge in [-0.25, -0.2) is 0 Å². The Morgan fingerprint density at radius 2 is 1.62 bits per heavy atom. The van der Waals surface area contributed by atoms with E-state index in [0.717, 1.165) is 29.1 Å². The molecule has 1 aliphatic heterocycles. The van der Waals surface area contributed by atoms with Gasteiger partial charge < -0.3 is 9.47 Å². The Bertz CT molecular complexity index is 1190. The van der Waals surface area contributed by atoms with Crippen LogP contribution in [0.1, 0.15) is 27.2 Å². The van der Waals surface area contributed by atoms with Crippen molar-refractivity contribution in [2.45, 2.75) is 20.0 Å². The first-order chi connectivity index (χ1) is 14.2. The van der Waals surface area contributed by atoms with E-state index in [9.17, 15) is 4.79 Å². The lowest BCUT2D eigenvalue weighted by molar-refractivity contribution is 0.0985. The molecule has 0 bridgehead atoms. The minimum atomic E-state index is 0.0305. The lowest BCUT2D eigenvalue weighted by atomic mass is 10.0. The van der Waals surface area contributed by atoms with Gasteiger partial charge in [0.1, 0.15) is 0 Å². The number of nitrogens with zero attached hydrogens (tertiary/aromatic N) is 2. The Labute approximate surface area is 170 Å². The van der Waals surface area contributed by atoms with Crippen LogP contribution in [0.15, 0.2) is 91.1 Å². The average molecular weight is 378 g/mol. The fourth-order valence-corrected chi connectivity index (χ4v) is 4.05. The minimum absolute atomic E-state index is 0.0305. The third kappa shape index (κ3) is 3.25. The first kappa shape index (κ1) is 17.5. The summed E-state index contributed by atoms with van der Waals surface area (Å²) in [4.78, 5) is 15.4. The number of para-hydroxylation sites is 1. The monoisotopic (exact) mass is 378 g/mol. The highest BCUT2D eigenvalue weighted by Gasteiger charge is 2.24. The molecule has 142 valence electrons. The smallest absolute Gasteiger partial charge is 0.258 e. The molecule has 1 amide bonds. The summed E-state index contributed by atoms with van der Waals surface area (Å²) in [7, 11) is 0. The van der Waals surface area contributed by atoms with E-state index in [1.54, 1.807) is 0 Å². The van der Waals surface area contributed by atoms with Crippen molar-refractivity contribution in [3.05, 3.63) is 114 Å². The number of carbonyl (C=O) groups excluding carboxylic acids is 1. The van der Waals surface area contributed by atoms with Crippen molar-refractivity contribution in [3.8, 4) is 11.1 Å².